The predicted octanol–water partition coefficient (Wildman–Crippen LogP) is 12.9. The van der Waals surface area contributed by atoms with E-state index in [2.05, 4.69) is 182 Å². The van der Waals surface area contributed by atoms with Crippen LogP contribution >= 0.6 is 0 Å². The molecule has 11 aromatic rings. The van der Waals surface area contributed by atoms with E-state index < -0.39 is 0 Å². The van der Waals surface area contributed by atoms with Gasteiger partial charge in [0.15, 0.2) is 0 Å². The fourth-order valence-electron chi connectivity index (χ4n) is 8.04. The van der Waals surface area contributed by atoms with Crippen LogP contribution < -0.4 is 0 Å². The first-order valence-corrected chi connectivity index (χ1v) is 18.2. The third kappa shape index (κ3) is 4.85. The Balaban J connectivity index is 1.03. The van der Waals surface area contributed by atoms with Gasteiger partial charge in [0.1, 0.15) is 0 Å². The van der Waals surface area contributed by atoms with E-state index >= 15 is 0 Å². The molecule has 0 spiro atoms. The summed E-state index contributed by atoms with van der Waals surface area (Å²) in [6, 6.07) is 63.7. The average Bonchev–Trinajstić information content (AvgIpc) is 3.25. The van der Waals surface area contributed by atoms with E-state index in [-0.39, 0.29) is 0 Å². The molecule has 0 unspecified atom stereocenters. The van der Waals surface area contributed by atoms with Gasteiger partial charge in [-0.2, -0.15) is 0 Å². The minimum atomic E-state index is 0.898. The fourth-order valence-corrected chi connectivity index (χ4v) is 8.04. The molecule has 0 saturated heterocycles. The summed E-state index contributed by atoms with van der Waals surface area (Å²) >= 11 is 0. The van der Waals surface area contributed by atoms with E-state index in [0.717, 1.165) is 87.9 Å². The molecule has 7 aromatic carbocycles. The Morgan fingerprint density at radius 1 is 0.241 bits per heavy atom. The van der Waals surface area contributed by atoms with Crippen molar-refractivity contribution in [2.24, 2.45) is 0 Å². The van der Waals surface area contributed by atoms with Crippen molar-refractivity contribution >= 4 is 65.4 Å². The summed E-state index contributed by atoms with van der Waals surface area (Å²) in [6.07, 6.45) is 0. The molecule has 0 bridgehead atoms. The number of nitrogens with zero attached hydrogens (tertiary/aromatic N) is 4. The molecule has 0 aliphatic rings. The van der Waals surface area contributed by atoms with Crippen molar-refractivity contribution in [3.63, 3.8) is 0 Å². The maximum atomic E-state index is 5.26. The third-order valence-electron chi connectivity index (χ3n) is 10.6. The highest BCUT2D eigenvalue weighted by molar-refractivity contribution is 6.17. The van der Waals surface area contributed by atoms with E-state index in [4.69, 9.17) is 19.9 Å². The molecule has 250 valence electrons. The zero-order valence-corrected chi connectivity index (χ0v) is 29.1. The van der Waals surface area contributed by atoms with Gasteiger partial charge in [0.25, 0.3) is 0 Å². The summed E-state index contributed by atoms with van der Waals surface area (Å²) in [5, 5.41) is 6.60. The summed E-state index contributed by atoms with van der Waals surface area (Å²) in [5.41, 5.74) is 14.1. The van der Waals surface area contributed by atoms with Crippen LogP contribution in [0, 0.1) is 0 Å². The van der Waals surface area contributed by atoms with Crippen molar-refractivity contribution in [2.75, 3.05) is 0 Å². The zero-order valence-electron chi connectivity index (χ0n) is 29.1. The Morgan fingerprint density at radius 3 is 1.07 bits per heavy atom. The molecule has 4 heterocycles. The maximum absolute atomic E-state index is 5.26. The van der Waals surface area contributed by atoms with Crippen LogP contribution in [0.2, 0.25) is 0 Å². The van der Waals surface area contributed by atoms with Crippen molar-refractivity contribution in [3.05, 3.63) is 182 Å². The summed E-state index contributed by atoms with van der Waals surface area (Å²) < 4.78 is 0. The van der Waals surface area contributed by atoms with Gasteiger partial charge >= 0.3 is 0 Å². The number of hydrogen-bond acceptors (Lipinski definition) is 4. The smallest absolute Gasteiger partial charge is 0.0978 e. The van der Waals surface area contributed by atoms with Crippen LogP contribution in [0.1, 0.15) is 0 Å². The lowest BCUT2D eigenvalue weighted by Gasteiger charge is -2.14. The van der Waals surface area contributed by atoms with Gasteiger partial charge in [0, 0.05) is 54.6 Å². The van der Waals surface area contributed by atoms with Crippen molar-refractivity contribution in [2.45, 2.75) is 0 Å². The molecule has 0 fully saturated rings. The van der Waals surface area contributed by atoms with Gasteiger partial charge in [-0.1, -0.05) is 158 Å². The molecular formula is C50H30N4. The first kappa shape index (κ1) is 30.3. The molecule has 0 radical (unpaired) electrons. The molecule has 0 N–H and O–H groups in total. The molecule has 0 saturated carbocycles. The number of aromatic nitrogens is 4. The van der Waals surface area contributed by atoms with Gasteiger partial charge in [-0.15, -0.1) is 0 Å². The first-order valence-electron chi connectivity index (χ1n) is 18.2. The molecule has 4 nitrogen and oxygen atoms in total. The Labute approximate surface area is 311 Å². The van der Waals surface area contributed by atoms with Crippen LogP contribution in [0.3, 0.4) is 0 Å². The summed E-state index contributed by atoms with van der Waals surface area (Å²) in [7, 11) is 0. The molecule has 54 heavy (non-hydrogen) atoms. The van der Waals surface area contributed by atoms with Gasteiger partial charge in [0.2, 0.25) is 0 Å². The number of pyridine rings is 4. The van der Waals surface area contributed by atoms with Crippen molar-refractivity contribution in [1.82, 2.24) is 19.9 Å². The highest BCUT2D eigenvalue weighted by Gasteiger charge is 2.17. The molecular weight excluding hydrogens is 657 g/mol. The van der Waals surface area contributed by atoms with Crippen LogP contribution in [-0.4, -0.2) is 19.9 Å². The van der Waals surface area contributed by atoms with Gasteiger partial charge in [0.05, 0.1) is 44.5 Å². The Kier molecular flexibility index (Phi) is 6.82. The van der Waals surface area contributed by atoms with Crippen LogP contribution in [0.4, 0.5) is 0 Å². The number of rotatable bonds is 4. The first-order chi connectivity index (χ1) is 26.8. The molecule has 0 amide bonds. The van der Waals surface area contributed by atoms with Gasteiger partial charge < -0.3 is 0 Å². The predicted molar refractivity (Wildman–Crippen MR) is 224 cm³/mol. The van der Waals surface area contributed by atoms with E-state index in [1.165, 1.54) is 22.3 Å². The Hall–Kier alpha value is -7.30. The minimum absolute atomic E-state index is 0.898. The number of para-hydroxylation sites is 2. The Bertz CT molecular complexity index is 3030. The van der Waals surface area contributed by atoms with Gasteiger partial charge in [-0.3, -0.25) is 0 Å². The standard InChI is InChI=1S/C50H30N4/c1-3-11-33(12-4-1)45-37-15-7-9-17-43(37)53-49-39(45)27-23-35-25-29-41(51-47(35)49)31-19-21-32(22-20-31)42-30-26-36-24-28-40-46(34-13-5-2-6-14-34)38-16-8-10-18-44(38)54-50(40)48(36)52-42/h1-30H. The minimum Gasteiger partial charge on any atom is -0.245 e. The van der Waals surface area contributed by atoms with E-state index in [1.54, 1.807) is 0 Å². The normalized spacial score (nSPS) is 11.7. The zero-order chi connectivity index (χ0) is 35.6. The lowest BCUT2D eigenvalue weighted by Crippen LogP contribution is -1.93. The van der Waals surface area contributed by atoms with E-state index in [1.807, 2.05) is 0 Å². The second-order valence-corrected chi connectivity index (χ2v) is 13.8. The molecule has 4 heteroatoms. The monoisotopic (exact) mass is 686 g/mol. The largest absolute Gasteiger partial charge is 0.245 e. The van der Waals surface area contributed by atoms with Crippen LogP contribution in [0.25, 0.3) is 110 Å². The number of benzene rings is 7. The van der Waals surface area contributed by atoms with E-state index in [0.29, 0.717) is 0 Å². The third-order valence-corrected chi connectivity index (χ3v) is 10.6. The van der Waals surface area contributed by atoms with Crippen molar-refractivity contribution in [3.8, 4) is 44.8 Å². The molecule has 0 atom stereocenters. The molecule has 11 rings (SSSR count). The van der Waals surface area contributed by atoms with Crippen LogP contribution in [0.5, 0.6) is 0 Å². The topological polar surface area (TPSA) is 51.6 Å². The molecule has 4 aromatic heterocycles. The lowest BCUT2D eigenvalue weighted by molar-refractivity contribution is 1.38. The van der Waals surface area contributed by atoms with Gasteiger partial charge in [-0.05, 0) is 35.4 Å². The summed E-state index contributed by atoms with van der Waals surface area (Å²) in [6.45, 7) is 0. The Morgan fingerprint density at radius 2 is 0.630 bits per heavy atom. The summed E-state index contributed by atoms with van der Waals surface area (Å²) in [5.74, 6) is 0. The van der Waals surface area contributed by atoms with Crippen molar-refractivity contribution in [1.29, 1.82) is 0 Å². The maximum Gasteiger partial charge on any atom is 0.0978 e. The van der Waals surface area contributed by atoms with Crippen LogP contribution in [0.15, 0.2) is 182 Å². The second kappa shape index (κ2) is 12.1. The SMILES string of the molecule is c1ccc(-c2c3ccccc3nc3c2ccc2ccc(-c4ccc(-c5ccc6ccc7c(-c8ccccc8)c8ccccc8nc7c6n5)cc4)nc23)cc1. The summed E-state index contributed by atoms with van der Waals surface area (Å²) in [4.78, 5) is 20.9. The van der Waals surface area contributed by atoms with E-state index in [9.17, 15) is 0 Å². The van der Waals surface area contributed by atoms with Crippen LogP contribution in [-0.2, 0) is 0 Å². The van der Waals surface area contributed by atoms with Gasteiger partial charge in [-0.25, -0.2) is 19.9 Å². The number of fused-ring (bicyclic) bond motifs is 8. The highest BCUT2D eigenvalue weighted by Crippen LogP contribution is 2.39. The highest BCUT2D eigenvalue weighted by atomic mass is 14.8. The average molecular weight is 687 g/mol. The fraction of sp³-hybridized carbons (Fsp3) is 0. The lowest BCUT2D eigenvalue weighted by atomic mass is 9.95. The number of hydrogen-bond donors (Lipinski definition) is 0. The van der Waals surface area contributed by atoms with Crippen molar-refractivity contribution < 1.29 is 0 Å². The molecule has 0 aliphatic heterocycles. The molecule has 0 aliphatic carbocycles. The second-order valence-electron chi connectivity index (χ2n) is 13.8. The quantitative estimate of drug-likeness (QED) is 0.137.